The fraction of sp³-hybridized carbons (Fsp3) is 0.259. The van der Waals surface area contributed by atoms with Crippen molar-refractivity contribution in [1.82, 2.24) is 15.0 Å². The van der Waals surface area contributed by atoms with Crippen LogP contribution in [0.2, 0.25) is 0 Å². The Morgan fingerprint density at radius 1 is 1.24 bits per heavy atom. The summed E-state index contributed by atoms with van der Waals surface area (Å²) < 4.78 is 1.74. The van der Waals surface area contributed by atoms with Crippen LogP contribution in [0.5, 0.6) is 0 Å². The Morgan fingerprint density at radius 2 is 1.97 bits per heavy atom. The molecule has 0 amide bonds. The zero-order chi connectivity index (χ0) is 23.8. The van der Waals surface area contributed by atoms with Gasteiger partial charge in [-0.15, -0.1) is 0 Å². The van der Waals surface area contributed by atoms with Gasteiger partial charge in [0.1, 0.15) is 5.82 Å². The van der Waals surface area contributed by atoms with Crippen molar-refractivity contribution in [2.45, 2.75) is 39.7 Å². The maximum atomic E-state index is 13.5. The molecule has 0 saturated heterocycles. The molecule has 6 nitrogen and oxygen atoms in total. The Kier molecular flexibility index (Phi) is 7.93. The number of benzene rings is 2. The highest BCUT2D eigenvalue weighted by Gasteiger charge is 2.16. The predicted octanol–water partition coefficient (Wildman–Crippen LogP) is 4.70. The summed E-state index contributed by atoms with van der Waals surface area (Å²) in [4.78, 5) is 18.3. The van der Waals surface area contributed by atoms with Crippen LogP contribution in [0.3, 0.4) is 0 Å². The summed E-state index contributed by atoms with van der Waals surface area (Å²) in [5, 5.41) is 13.4. The van der Waals surface area contributed by atoms with Crippen molar-refractivity contribution in [3.8, 4) is 17.2 Å². The van der Waals surface area contributed by atoms with Crippen molar-refractivity contribution in [3.05, 3.63) is 93.7 Å². The van der Waals surface area contributed by atoms with Gasteiger partial charge in [0.05, 0.1) is 35.6 Å². The number of hydrazone groups is 1. The molecule has 0 radical (unpaired) electrons. The summed E-state index contributed by atoms with van der Waals surface area (Å²) in [6.45, 7) is 8.39. The van der Waals surface area contributed by atoms with Crippen LogP contribution in [0.25, 0.3) is 16.7 Å². The molecule has 0 spiro atoms. The second kappa shape index (κ2) is 11.1. The number of allylic oxidation sites excluding steroid dienone is 1. The number of aromatic nitrogens is 2. The number of nitriles is 1. The largest absolute Gasteiger partial charge is 0.313 e. The fourth-order valence-electron chi connectivity index (χ4n) is 3.79. The number of hydrogen-bond acceptors (Lipinski definition) is 5. The van der Waals surface area contributed by atoms with Crippen LogP contribution in [0, 0.1) is 18.3 Å². The standard InChI is InChI=1S/C27H29N5O/c1-5-6-11-25-31-20(3)26(19(2)17-30-29-4)27(33)32(25)18-21-12-14-22(15-13-21)24-10-8-7-9-23(24)16-28/h7-10,12-15,17,29H,2,5-6,11,18H2,1,3-4H3/b30-17-. The molecule has 1 aromatic heterocycles. The molecule has 33 heavy (non-hydrogen) atoms. The number of hydrogen-bond donors (Lipinski definition) is 1. The maximum absolute atomic E-state index is 13.5. The molecule has 0 unspecified atom stereocenters. The predicted molar refractivity (Wildman–Crippen MR) is 134 cm³/mol. The molecule has 0 aliphatic heterocycles. The topological polar surface area (TPSA) is 83.1 Å². The van der Waals surface area contributed by atoms with Gasteiger partial charge in [0, 0.05) is 19.0 Å². The van der Waals surface area contributed by atoms with Gasteiger partial charge < -0.3 is 5.43 Å². The molecule has 0 aliphatic carbocycles. The first-order valence-corrected chi connectivity index (χ1v) is 11.1. The van der Waals surface area contributed by atoms with Gasteiger partial charge in [-0.25, -0.2) is 4.98 Å². The van der Waals surface area contributed by atoms with Crippen LogP contribution in [0.1, 0.15) is 48.0 Å². The molecular weight excluding hydrogens is 410 g/mol. The number of unbranched alkanes of at least 4 members (excludes halogenated alkanes) is 1. The smallest absolute Gasteiger partial charge is 0.261 e. The van der Waals surface area contributed by atoms with E-state index < -0.39 is 0 Å². The van der Waals surface area contributed by atoms with Gasteiger partial charge in [0.25, 0.3) is 5.56 Å². The summed E-state index contributed by atoms with van der Waals surface area (Å²) in [7, 11) is 1.69. The zero-order valence-corrected chi connectivity index (χ0v) is 19.4. The van der Waals surface area contributed by atoms with Gasteiger partial charge in [0.2, 0.25) is 0 Å². The van der Waals surface area contributed by atoms with Crippen molar-refractivity contribution < 1.29 is 0 Å². The van der Waals surface area contributed by atoms with Gasteiger partial charge in [0.15, 0.2) is 0 Å². The number of nitrogens with one attached hydrogen (secondary N) is 1. The average Bonchev–Trinajstić information content (AvgIpc) is 2.83. The lowest BCUT2D eigenvalue weighted by Crippen LogP contribution is -2.30. The molecule has 1 N–H and O–H groups in total. The zero-order valence-electron chi connectivity index (χ0n) is 19.4. The Balaban J connectivity index is 2.01. The van der Waals surface area contributed by atoms with E-state index >= 15 is 0 Å². The molecule has 0 fully saturated rings. The fourth-order valence-corrected chi connectivity index (χ4v) is 3.79. The van der Waals surface area contributed by atoms with Crippen molar-refractivity contribution in [2.24, 2.45) is 5.10 Å². The SMILES string of the molecule is C=C(/C=N\NC)c1c(C)nc(CCCC)n(Cc2ccc(-c3ccccc3C#N)cc2)c1=O. The molecule has 1 heterocycles. The summed E-state index contributed by atoms with van der Waals surface area (Å²) in [6.07, 6.45) is 4.25. The Bertz CT molecular complexity index is 1260. The molecule has 2 aromatic carbocycles. The van der Waals surface area contributed by atoms with E-state index in [1.807, 2.05) is 55.5 Å². The molecule has 0 atom stereocenters. The molecule has 0 bridgehead atoms. The monoisotopic (exact) mass is 439 g/mol. The quantitative estimate of drug-likeness (QED) is 0.387. The summed E-state index contributed by atoms with van der Waals surface area (Å²) >= 11 is 0. The van der Waals surface area contributed by atoms with Gasteiger partial charge >= 0.3 is 0 Å². The van der Waals surface area contributed by atoms with Crippen LogP contribution in [-0.2, 0) is 13.0 Å². The Morgan fingerprint density at radius 3 is 2.64 bits per heavy atom. The van der Waals surface area contributed by atoms with E-state index in [9.17, 15) is 10.1 Å². The van der Waals surface area contributed by atoms with Gasteiger partial charge in [-0.3, -0.25) is 9.36 Å². The lowest BCUT2D eigenvalue weighted by Gasteiger charge is -2.16. The highest BCUT2D eigenvalue weighted by Crippen LogP contribution is 2.24. The van der Waals surface area contributed by atoms with Crippen LogP contribution < -0.4 is 11.0 Å². The minimum Gasteiger partial charge on any atom is -0.313 e. The molecule has 0 aliphatic rings. The number of rotatable bonds is 9. The summed E-state index contributed by atoms with van der Waals surface area (Å²) in [5.74, 6) is 0.778. The molecule has 6 heteroatoms. The number of aryl methyl sites for hydroxylation is 2. The van der Waals surface area contributed by atoms with Crippen molar-refractivity contribution >= 4 is 11.8 Å². The minimum atomic E-state index is -0.111. The van der Waals surface area contributed by atoms with E-state index in [1.165, 1.54) is 0 Å². The molecule has 0 saturated carbocycles. The second-order valence-corrected chi connectivity index (χ2v) is 7.84. The average molecular weight is 440 g/mol. The van der Waals surface area contributed by atoms with E-state index in [0.717, 1.165) is 41.8 Å². The van der Waals surface area contributed by atoms with Gasteiger partial charge in [-0.05, 0) is 36.1 Å². The molecule has 3 aromatic rings. The third-order valence-corrected chi connectivity index (χ3v) is 5.51. The Hall–Kier alpha value is -3.98. The lowest BCUT2D eigenvalue weighted by molar-refractivity contribution is 0.630. The summed E-state index contributed by atoms with van der Waals surface area (Å²) in [5.41, 5.74) is 7.73. The first-order valence-electron chi connectivity index (χ1n) is 11.1. The molecule has 168 valence electrons. The lowest BCUT2D eigenvalue weighted by atomic mass is 9.99. The van der Waals surface area contributed by atoms with Crippen LogP contribution >= 0.6 is 0 Å². The van der Waals surface area contributed by atoms with Gasteiger partial charge in [-0.1, -0.05) is 62.4 Å². The summed E-state index contributed by atoms with van der Waals surface area (Å²) in [6, 6.07) is 17.7. The van der Waals surface area contributed by atoms with E-state index in [-0.39, 0.29) is 5.56 Å². The van der Waals surface area contributed by atoms with Crippen molar-refractivity contribution in [2.75, 3.05) is 7.05 Å². The second-order valence-electron chi connectivity index (χ2n) is 7.84. The Labute approximate surface area is 194 Å². The molecular formula is C27H29N5O. The minimum absolute atomic E-state index is 0.111. The molecule has 3 rings (SSSR count). The van der Waals surface area contributed by atoms with E-state index in [1.54, 1.807) is 17.8 Å². The maximum Gasteiger partial charge on any atom is 0.261 e. The third kappa shape index (κ3) is 5.45. The highest BCUT2D eigenvalue weighted by molar-refractivity contribution is 6.08. The highest BCUT2D eigenvalue weighted by atomic mass is 16.1. The first kappa shape index (κ1) is 23.7. The van der Waals surface area contributed by atoms with Crippen molar-refractivity contribution in [3.63, 3.8) is 0 Å². The van der Waals surface area contributed by atoms with Gasteiger partial charge in [-0.2, -0.15) is 10.4 Å². The van der Waals surface area contributed by atoms with Crippen LogP contribution in [0.4, 0.5) is 0 Å². The van der Waals surface area contributed by atoms with E-state index in [2.05, 4.69) is 30.1 Å². The first-order chi connectivity index (χ1) is 16.0. The number of nitrogens with zero attached hydrogens (tertiary/aromatic N) is 4. The van der Waals surface area contributed by atoms with Crippen LogP contribution in [-0.4, -0.2) is 22.8 Å². The normalized spacial score (nSPS) is 10.8. The third-order valence-electron chi connectivity index (χ3n) is 5.51. The van der Waals surface area contributed by atoms with Crippen molar-refractivity contribution in [1.29, 1.82) is 5.26 Å². The van der Waals surface area contributed by atoms with Crippen LogP contribution in [0.15, 0.2) is 65.0 Å². The van der Waals surface area contributed by atoms with E-state index in [4.69, 9.17) is 4.98 Å². The van der Waals surface area contributed by atoms with E-state index in [0.29, 0.717) is 28.9 Å².